The van der Waals surface area contributed by atoms with Gasteiger partial charge >= 0.3 is 0 Å². The fraction of sp³-hybridized carbons (Fsp3) is 0.571. The van der Waals surface area contributed by atoms with E-state index in [1.807, 2.05) is 0 Å². The second kappa shape index (κ2) is 6.52. The molecule has 0 radical (unpaired) electrons. The number of aromatic nitrogens is 1. The third kappa shape index (κ3) is 3.44. The summed E-state index contributed by atoms with van der Waals surface area (Å²) in [7, 11) is 1.52. The molecule has 2 rings (SSSR count). The number of pyridine rings is 1. The normalized spacial score (nSPS) is 20.6. The molecule has 2 heterocycles. The van der Waals surface area contributed by atoms with Crippen LogP contribution >= 0.6 is 0 Å². The van der Waals surface area contributed by atoms with E-state index in [0.29, 0.717) is 17.4 Å². The Morgan fingerprint density at radius 1 is 1.63 bits per heavy atom. The summed E-state index contributed by atoms with van der Waals surface area (Å²) in [5, 5.41) is 6.40. The van der Waals surface area contributed by atoms with E-state index < -0.39 is 0 Å². The lowest BCUT2D eigenvalue weighted by Crippen LogP contribution is -2.44. The largest absolute Gasteiger partial charge is 0.480 e. The summed E-state index contributed by atoms with van der Waals surface area (Å²) in [5.41, 5.74) is 0.487. The van der Waals surface area contributed by atoms with Crippen molar-refractivity contribution in [1.82, 2.24) is 15.6 Å². The number of ether oxygens (including phenoxy) is 1. The van der Waals surface area contributed by atoms with Crippen LogP contribution in [0.25, 0.3) is 0 Å². The summed E-state index contributed by atoms with van der Waals surface area (Å²) >= 11 is 0. The summed E-state index contributed by atoms with van der Waals surface area (Å²) in [6.07, 6.45) is 3.93. The second-order valence-corrected chi connectivity index (χ2v) is 4.93. The van der Waals surface area contributed by atoms with E-state index in [1.165, 1.54) is 13.5 Å². The number of hydrogen-bond acceptors (Lipinski definition) is 4. The Bertz CT molecular complexity index is 430. The van der Waals surface area contributed by atoms with Crippen molar-refractivity contribution in [2.45, 2.75) is 25.8 Å². The van der Waals surface area contributed by atoms with Gasteiger partial charge < -0.3 is 15.4 Å². The van der Waals surface area contributed by atoms with Crippen molar-refractivity contribution < 1.29 is 9.53 Å². The summed E-state index contributed by atoms with van der Waals surface area (Å²) in [6, 6.07) is 3.61. The van der Waals surface area contributed by atoms with Crippen LogP contribution in [0.15, 0.2) is 18.3 Å². The van der Waals surface area contributed by atoms with Crippen molar-refractivity contribution in [3.05, 3.63) is 23.9 Å². The van der Waals surface area contributed by atoms with Gasteiger partial charge in [-0.25, -0.2) is 4.98 Å². The Morgan fingerprint density at radius 2 is 2.47 bits per heavy atom. The molecule has 2 unspecified atom stereocenters. The Morgan fingerprint density at radius 3 is 3.16 bits per heavy atom. The van der Waals surface area contributed by atoms with Gasteiger partial charge in [0.05, 0.1) is 7.11 Å². The third-order valence-electron chi connectivity index (χ3n) is 3.61. The summed E-state index contributed by atoms with van der Waals surface area (Å²) in [6.45, 7) is 4.09. The van der Waals surface area contributed by atoms with Crippen LogP contribution in [0, 0.1) is 5.92 Å². The van der Waals surface area contributed by atoms with Crippen LogP contribution < -0.4 is 15.4 Å². The minimum Gasteiger partial charge on any atom is -0.480 e. The molecule has 104 valence electrons. The molecule has 0 spiro atoms. The molecule has 1 saturated heterocycles. The van der Waals surface area contributed by atoms with Crippen molar-refractivity contribution in [2.75, 3.05) is 20.2 Å². The highest BCUT2D eigenvalue weighted by Crippen LogP contribution is 2.17. The molecule has 5 heteroatoms. The highest BCUT2D eigenvalue weighted by atomic mass is 16.5. The zero-order valence-corrected chi connectivity index (χ0v) is 11.5. The fourth-order valence-electron chi connectivity index (χ4n) is 2.43. The number of nitrogens with zero attached hydrogens (tertiary/aromatic N) is 1. The molecular formula is C14H21N3O2. The van der Waals surface area contributed by atoms with Crippen molar-refractivity contribution in [2.24, 2.45) is 5.92 Å². The van der Waals surface area contributed by atoms with E-state index in [9.17, 15) is 4.79 Å². The minimum atomic E-state index is -0.122. The van der Waals surface area contributed by atoms with Crippen LogP contribution in [0.1, 0.15) is 30.1 Å². The standard InChI is InChI=1S/C14H21N3O2/c1-10(11-5-3-7-15-9-11)17-13(18)12-6-4-8-16-14(12)19-2/h4,6,8,10-11,15H,3,5,7,9H2,1-2H3,(H,17,18). The molecule has 1 amide bonds. The van der Waals surface area contributed by atoms with Gasteiger partial charge in [-0.05, 0) is 50.9 Å². The average molecular weight is 263 g/mol. The molecule has 0 aromatic carbocycles. The van der Waals surface area contributed by atoms with E-state index in [4.69, 9.17) is 4.74 Å². The zero-order chi connectivity index (χ0) is 13.7. The molecule has 2 atom stereocenters. The number of rotatable bonds is 4. The SMILES string of the molecule is COc1ncccc1C(=O)NC(C)C1CCCNC1. The van der Waals surface area contributed by atoms with Crippen molar-refractivity contribution in [3.8, 4) is 5.88 Å². The lowest BCUT2D eigenvalue weighted by atomic mass is 9.92. The summed E-state index contributed by atoms with van der Waals surface area (Å²) < 4.78 is 5.11. The maximum Gasteiger partial charge on any atom is 0.256 e. The van der Waals surface area contributed by atoms with Gasteiger partial charge in [0.1, 0.15) is 5.56 Å². The van der Waals surface area contributed by atoms with Crippen molar-refractivity contribution >= 4 is 5.91 Å². The Kier molecular flexibility index (Phi) is 4.74. The van der Waals surface area contributed by atoms with Crippen LogP contribution in [-0.2, 0) is 0 Å². The fourth-order valence-corrected chi connectivity index (χ4v) is 2.43. The smallest absolute Gasteiger partial charge is 0.256 e. The maximum atomic E-state index is 12.2. The summed E-state index contributed by atoms with van der Waals surface area (Å²) in [5.74, 6) is 0.734. The van der Waals surface area contributed by atoms with Gasteiger partial charge in [-0.1, -0.05) is 0 Å². The van der Waals surface area contributed by atoms with Gasteiger partial charge in [0, 0.05) is 12.2 Å². The molecule has 1 aliphatic heterocycles. The number of carbonyl (C=O) groups excluding carboxylic acids is 1. The molecule has 2 N–H and O–H groups in total. The molecule has 0 aliphatic carbocycles. The lowest BCUT2D eigenvalue weighted by molar-refractivity contribution is 0.0918. The van der Waals surface area contributed by atoms with Crippen LogP contribution in [0.4, 0.5) is 0 Å². The monoisotopic (exact) mass is 263 g/mol. The number of carbonyl (C=O) groups is 1. The first kappa shape index (κ1) is 13.8. The zero-order valence-electron chi connectivity index (χ0n) is 11.5. The number of hydrogen-bond donors (Lipinski definition) is 2. The summed E-state index contributed by atoms with van der Waals surface area (Å²) in [4.78, 5) is 16.3. The van der Waals surface area contributed by atoms with Gasteiger partial charge in [-0.15, -0.1) is 0 Å². The van der Waals surface area contributed by atoms with Crippen molar-refractivity contribution in [3.63, 3.8) is 0 Å². The molecule has 0 bridgehead atoms. The molecular weight excluding hydrogens is 242 g/mol. The minimum absolute atomic E-state index is 0.122. The highest BCUT2D eigenvalue weighted by molar-refractivity contribution is 5.96. The van der Waals surface area contributed by atoms with E-state index in [2.05, 4.69) is 22.5 Å². The molecule has 1 aromatic rings. The van der Waals surface area contributed by atoms with Crippen LogP contribution in [0.2, 0.25) is 0 Å². The predicted octanol–water partition coefficient (Wildman–Crippen LogP) is 1.21. The van der Waals surface area contributed by atoms with Gasteiger partial charge in [-0.3, -0.25) is 4.79 Å². The van der Waals surface area contributed by atoms with E-state index >= 15 is 0 Å². The van der Waals surface area contributed by atoms with Gasteiger partial charge in [0.2, 0.25) is 5.88 Å². The Hall–Kier alpha value is -1.62. The van der Waals surface area contributed by atoms with E-state index in [1.54, 1.807) is 18.3 Å². The number of nitrogens with one attached hydrogen (secondary N) is 2. The average Bonchev–Trinajstić information content (AvgIpc) is 2.48. The molecule has 1 aromatic heterocycles. The van der Waals surface area contributed by atoms with Gasteiger partial charge in [-0.2, -0.15) is 0 Å². The molecule has 1 fully saturated rings. The van der Waals surface area contributed by atoms with Gasteiger partial charge in [0.15, 0.2) is 0 Å². The van der Waals surface area contributed by atoms with Gasteiger partial charge in [0.25, 0.3) is 5.91 Å². The number of amides is 1. The molecule has 19 heavy (non-hydrogen) atoms. The Labute approximate surface area is 113 Å². The lowest BCUT2D eigenvalue weighted by Gasteiger charge is -2.29. The maximum absolute atomic E-state index is 12.2. The predicted molar refractivity (Wildman–Crippen MR) is 73.3 cm³/mol. The quantitative estimate of drug-likeness (QED) is 0.857. The highest BCUT2D eigenvalue weighted by Gasteiger charge is 2.22. The number of piperidine rings is 1. The molecule has 0 saturated carbocycles. The first-order valence-electron chi connectivity index (χ1n) is 6.73. The first-order chi connectivity index (χ1) is 9.22. The first-order valence-corrected chi connectivity index (χ1v) is 6.73. The van der Waals surface area contributed by atoms with E-state index in [-0.39, 0.29) is 11.9 Å². The van der Waals surface area contributed by atoms with Crippen LogP contribution in [0.3, 0.4) is 0 Å². The van der Waals surface area contributed by atoms with E-state index in [0.717, 1.165) is 19.5 Å². The van der Waals surface area contributed by atoms with Crippen molar-refractivity contribution in [1.29, 1.82) is 0 Å². The molecule has 1 aliphatic rings. The second-order valence-electron chi connectivity index (χ2n) is 4.93. The molecule has 5 nitrogen and oxygen atoms in total. The topological polar surface area (TPSA) is 63.2 Å². The number of methoxy groups -OCH3 is 1. The van der Waals surface area contributed by atoms with Crippen LogP contribution in [0.5, 0.6) is 5.88 Å². The van der Waals surface area contributed by atoms with Crippen LogP contribution in [-0.4, -0.2) is 37.1 Å². The Balaban J connectivity index is 1.99. The third-order valence-corrected chi connectivity index (χ3v) is 3.61.